The van der Waals surface area contributed by atoms with E-state index >= 15 is 0 Å². The van der Waals surface area contributed by atoms with Crippen molar-refractivity contribution in [3.63, 3.8) is 0 Å². The van der Waals surface area contributed by atoms with Gasteiger partial charge in [0.1, 0.15) is 6.04 Å². The zero-order chi connectivity index (χ0) is 16.5. The number of esters is 1. The van der Waals surface area contributed by atoms with Gasteiger partial charge in [0.25, 0.3) is 0 Å². The summed E-state index contributed by atoms with van der Waals surface area (Å²) in [6.45, 7) is 0. The van der Waals surface area contributed by atoms with Gasteiger partial charge >= 0.3 is 5.97 Å². The van der Waals surface area contributed by atoms with Crippen molar-refractivity contribution in [3.8, 4) is 0 Å². The lowest BCUT2D eigenvalue weighted by Gasteiger charge is -2.14. The highest BCUT2D eigenvalue weighted by Crippen LogP contribution is 2.15. The van der Waals surface area contributed by atoms with Crippen molar-refractivity contribution >= 4 is 23.4 Å². The highest BCUT2D eigenvalue weighted by atomic mass is 32.2. The van der Waals surface area contributed by atoms with E-state index < -0.39 is 6.04 Å². The molecule has 0 aliphatic rings. The summed E-state index contributed by atoms with van der Waals surface area (Å²) in [5.74, 6) is 0.573. The Bertz CT molecular complexity index is 599. The second kappa shape index (κ2) is 9.16. The number of carbonyl (C=O) groups excluding carboxylic acids is 1. The Balaban J connectivity index is 2.44. The fourth-order valence-corrected chi connectivity index (χ4v) is 2.72. The molecule has 2 rings (SSSR count). The van der Waals surface area contributed by atoms with E-state index in [0.717, 1.165) is 22.6 Å². The highest BCUT2D eigenvalue weighted by molar-refractivity contribution is 7.98. The van der Waals surface area contributed by atoms with E-state index in [1.807, 2.05) is 66.9 Å². The summed E-state index contributed by atoms with van der Waals surface area (Å²) in [4.78, 5) is 16.8. The van der Waals surface area contributed by atoms with Crippen LogP contribution in [0.1, 0.15) is 17.5 Å². The molecule has 0 heterocycles. The van der Waals surface area contributed by atoms with Gasteiger partial charge < -0.3 is 4.74 Å². The predicted molar refractivity (Wildman–Crippen MR) is 97.3 cm³/mol. The molecule has 0 spiro atoms. The molecule has 0 aromatic heterocycles. The van der Waals surface area contributed by atoms with Gasteiger partial charge in [-0.2, -0.15) is 11.8 Å². The molecule has 0 saturated carbocycles. The van der Waals surface area contributed by atoms with Crippen LogP contribution in [0.25, 0.3) is 0 Å². The second-order valence-corrected chi connectivity index (χ2v) is 6.02. The minimum absolute atomic E-state index is 0.289. The first kappa shape index (κ1) is 17.3. The molecule has 120 valence electrons. The average molecular weight is 327 g/mol. The molecule has 0 saturated heterocycles. The SMILES string of the molecule is COC(=O)C(CCSC)N=C(c1ccccc1)c1ccccc1. The van der Waals surface area contributed by atoms with E-state index in [1.165, 1.54) is 7.11 Å². The molecule has 3 nitrogen and oxygen atoms in total. The van der Waals surface area contributed by atoms with Crippen molar-refractivity contribution in [2.75, 3.05) is 19.1 Å². The Labute approximate surface area is 141 Å². The van der Waals surface area contributed by atoms with Crippen molar-refractivity contribution in [2.24, 2.45) is 4.99 Å². The van der Waals surface area contributed by atoms with E-state index in [9.17, 15) is 4.79 Å². The number of hydrogen-bond acceptors (Lipinski definition) is 4. The molecule has 23 heavy (non-hydrogen) atoms. The van der Waals surface area contributed by atoms with Crippen molar-refractivity contribution < 1.29 is 9.53 Å². The minimum atomic E-state index is -0.483. The van der Waals surface area contributed by atoms with Gasteiger partial charge in [0.05, 0.1) is 12.8 Å². The number of aliphatic imine (C=N–C) groups is 1. The molecule has 0 N–H and O–H groups in total. The lowest BCUT2D eigenvalue weighted by atomic mass is 10.0. The Morgan fingerprint density at radius 2 is 1.57 bits per heavy atom. The van der Waals surface area contributed by atoms with Gasteiger partial charge in [-0.25, -0.2) is 4.79 Å². The van der Waals surface area contributed by atoms with Gasteiger partial charge in [0.15, 0.2) is 0 Å². The third-order valence-electron chi connectivity index (χ3n) is 3.45. The van der Waals surface area contributed by atoms with Gasteiger partial charge in [-0.05, 0) is 18.4 Å². The summed E-state index contributed by atoms with van der Waals surface area (Å²) in [7, 11) is 1.41. The standard InChI is InChI=1S/C19H21NO2S/c1-22-19(21)17(13-14-23-2)20-18(15-9-5-3-6-10-15)16-11-7-4-8-12-16/h3-12,17H,13-14H2,1-2H3. The Kier molecular flexibility index (Phi) is 6.88. The molecule has 0 amide bonds. The Hall–Kier alpha value is -2.07. The lowest BCUT2D eigenvalue weighted by Crippen LogP contribution is -2.23. The van der Waals surface area contributed by atoms with Crippen LogP contribution in [0.4, 0.5) is 0 Å². The number of methoxy groups -OCH3 is 1. The minimum Gasteiger partial charge on any atom is -0.467 e. The molecule has 0 bridgehead atoms. The topological polar surface area (TPSA) is 38.7 Å². The van der Waals surface area contributed by atoms with Crippen molar-refractivity contribution in [3.05, 3.63) is 71.8 Å². The number of benzene rings is 2. The summed E-state index contributed by atoms with van der Waals surface area (Å²) < 4.78 is 4.93. The number of ether oxygens (including phenoxy) is 1. The zero-order valence-electron chi connectivity index (χ0n) is 13.4. The van der Waals surface area contributed by atoms with Crippen molar-refractivity contribution in [1.29, 1.82) is 0 Å². The molecule has 0 aliphatic carbocycles. The third kappa shape index (κ3) is 4.96. The Morgan fingerprint density at radius 1 is 1.04 bits per heavy atom. The Morgan fingerprint density at radius 3 is 2.00 bits per heavy atom. The first-order valence-corrected chi connectivity index (χ1v) is 8.91. The number of nitrogens with zero attached hydrogens (tertiary/aromatic N) is 1. The molecule has 4 heteroatoms. The van der Waals surface area contributed by atoms with Gasteiger partial charge in [-0.3, -0.25) is 4.99 Å². The van der Waals surface area contributed by atoms with Crippen LogP contribution in [0.2, 0.25) is 0 Å². The number of thioether (sulfide) groups is 1. The molecule has 0 radical (unpaired) electrons. The van der Waals surface area contributed by atoms with Crippen LogP contribution in [0.5, 0.6) is 0 Å². The van der Waals surface area contributed by atoms with E-state index in [-0.39, 0.29) is 5.97 Å². The molecular weight excluding hydrogens is 306 g/mol. The van der Waals surface area contributed by atoms with Gasteiger partial charge in [-0.15, -0.1) is 0 Å². The van der Waals surface area contributed by atoms with Crippen LogP contribution in [-0.4, -0.2) is 36.8 Å². The zero-order valence-corrected chi connectivity index (χ0v) is 14.3. The second-order valence-electron chi connectivity index (χ2n) is 5.03. The van der Waals surface area contributed by atoms with Crippen molar-refractivity contribution in [2.45, 2.75) is 12.5 Å². The third-order valence-corrected chi connectivity index (χ3v) is 4.09. The summed E-state index contributed by atoms with van der Waals surface area (Å²) >= 11 is 1.70. The molecule has 1 atom stereocenters. The maximum Gasteiger partial charge on any atom is 0.330 e. The van der Waals surface area contributed by atoms with Gasteiger partial charge in [0, 0.05) is 11.1 Å². The van der Waals surface area contributed by atoms with Crippen LogP contribution in [0.3, 0.4) is 0 Å². The highest BCUT2D eigenvalue weighted by Gasteiger charge is 2.19. The van der Waals surface area contributed by atoms with Gasteiger partial charge in [0.2, 0.25) is 0 Å². The monoisotopic (exact) mass is 327 g/mol. The number of rotatable bonds is 7. The average Bonchev–Trinajstić information content (AvgIpc) is 2.63. The summed E-state index contributed by atoms with van der Waals surface area (Å²) in [6.07, 6.45) is 2.68. The molecular formula is C19H21NO2S. The number of hydrogen-bond donors (Lipinski definition) is 0. The quantitative estimate of drug-likeness (QED) is 0.573. The normalized spacial score (nSPS) is 11.6. The van der Waals surface area contributed by atoms with E-state index in [1.54, 1.807) is 11.8 Å². The van der Waals surface area contributed by atoms with E-state index in [0.29, 0.717) is 6.42 Å². The largest absolute Gasteiger partial charge is 0.467 e. The van der Waals surface area contributed by atoms with Crippen LogP contribution >= 0.6 is 11.8 Å². The number of carbonyl (C=O) groups is 1. The molecule has 1 unspecified atom stereocenters. The maximum absolute atomic E-state index is 12.1. The van der Waals surface area contributed by atoms with Crippen LogP contribution in [0, 0.1) is 0 Å². The molecule has 0 fully saturated rings. The van der Waals surface area contributed by atoms with E-state index in [2.05, 4.69) is 0 Å². The predicted octanol–water partition coefficient (Wildman–Crippen LogP) is 3.82. The smallest absolute Gasteiger partial charge is 0.330 e. The fraction of sp³-hybridized carbons (Fsp3) is 0.263. The molecule has 2 aromatic carbocycles. The fourth-order valence-electron chi connectivity index (χ4n) is 2.26. The molecule has 0 aliphatic heterocycles. The van der Waals surface area contributed by atoms with Crippen LogP contribution in [0.15, 0.2) is 65.7 Å². The summed E-state index contributed by atoms with van der Waals surface area (Å²) in [5.41, 5.74) is 2.82. The van der Waals surface area contributed by atoms with Crippen LogP contribution in [-0.2, 0) is 9.53 Å². The summed E-state index contributed by atoms with van der Waals surface area (Å²) in [6, 6.07) is 19.4. The summed E-state index contributed by atoms with van der Waals surface area (Å²) in [5, 5.41) is 0. The first-order valence-electron chi connectivity index (χ1n) is 7.51. The van der Waals surface area contributed by atoms with Crippen molar-refractivity contribution in [1.82, 2.24) is 0 Å². The lowest BCUT2D eigenvalue weighted by molar-refractivity contribution is -0.142. The van der Waals surface area contributed by atoms with E-state index in [4.69, 9.17) is 9.73 Å². The van der Waals surface area contributed by atoms with Gasteiger partial charge in [-0.1, -0.05) is 60.7 Å². The van der Waals surface area contributed by atoms with Crippen LogP contribution < -0.4 is 0 Å². The molecule has 2 aromatic rings. The first-order chi connectivity index (χ1) is 11.3. The maximum atomic E-state index is 12.1.